The molecule has 3 aromatic carbocycles. The first-order valence-electron chi connectivity index (χ1n) is 10.2. The smallest absolute Gasteiger partial charge is 0.335 e. The molecule has 4 rings (SSSR count). The monoisotopic (exact) mass is 438 g/mol. The molecule has 6 heteroatoms. The highest BCUT2D eigenvalue weighted by Crippen LogP contribution is 2.26. The van der Waals surface area contributed by atoms with Crippen molar-refractivity contribution in [2.24, 2.45) is 4.99 Å². The number of hydrogen-bond acceptors (Lipinski definition) is 5. The quantitative estimate of drug-likeness (QED) is 0.483. The molecule has 0 bridgehead atoms. The van der Waals surface area contributed by atoms with Crippen LogP contribution >= 0.6 is 0 Å². The van der Waals surface area contributed by atoms with E-state index in [1.54, 1.807) is 7.11 Å². The second-order valence-corrected chi connectivity index (χ2v) is 7.21. The van der Waals surface area contributed by atoms with Crippen LogP contribution < -0.4 is 14.8 Å². The SMILES string of the molecule is C=C(/C=C1/N=C(c2ccc(Oc3ccccc3)cc2)C=C(c2cccc(OC)c2)N1)C(=O)O. The summed E-state index contributed by atoms with van der Waals surface area (Å²) in [6, 6.07) is 24.7. The molecule has 1 aliphatic rings. The first kappa shape index (κ1) is 21.6. The van der Waals surface area contributed by atoms with Gasteiger partial charge in [-0.2, -0.15) is 0 Å². The third-order valence-corrected chi connectivity index (χ3v) is 4.88. The summed E-state index contributed by atoms with van der Waals surface area (Å²) in [4.78, 5) is 15.9. The van der Waals surface area contributed by atoms with Crippen LogP contribution in [0.25, 0.3) is 5.70 Å². The number of nitrogens with one attached hydrogen (secondary N) is 1. The molecular formula is C27H22N2O4. The standard InChI is InChI=1S/C27H22N2O4/c1-18(27(30)31)15-26-28-24(17-25(29-26)20-7-6-10-23(16-20)32-2)19-11-13-22(14-12-19)33-21-8-4-3-5-9-21/h3-17,29H,1H2,2H3,(H,30,31)/b26-15-. The van der Waals surface area contributed by atoms with Crippen LogP contribution in [-0.2, 0) is 4.79 Å². The summed E-state index contributed by atoms with van der Waals surface area (Å²) in [5, 5.41) is 12.4. The molecule has 0 aromatic heterocycles. The van der Waals surface area contributed by atoms with Crippen LogP contribution in [0.1, 0.15) is 11.1 Å². The lowest BCUT2D eigenvalue weighted by Crippen LogP contribution is -2.19. The summed E-state index contributed by atoms with van der Waals surface area (Å²) in [6.45, 7) is 3.58. The van der Waals surface area contributed by atoms with Crippen molar-refractivity contribution in [1.29, 1.82) is 0 Å². The van der Waals surface area contributed by atoms with Gasteiger partial charge in [0.05, 0.1) is 18.4 Å². The van der Waals surface area contributed by atoms with Gasteiger partial charge in [0, 0.05) is 16.8 Å². The molecule has 0 unspecified atom stereocenters. The van der Waals surface area contributed by atoms with E-state index >= 15 is 0 Å². The third kappa shape index (κ3) is 5.37. The van der Waals surface area contributed by atoms with Gasteiger partial charge < -0.3 is 19.9 Å². The van der Waals surface area contributed by atoms with Gasteiger partial charge >= 0.3 is 5.97 Å². The van der Waals surface area contributed by atoms with E-state index in [-0.39, 0.29) is 5.57 Å². The van der Waals surface area contributed by atoms with E-state index in [0.29, 0.717) is 23.0 Å². The molecule has 0 radical (unpaired) electrons. The molecule has 164 valence electrons. The molecule has 0 amide bonds. The van der Waals surface area contributed by atoms with Crippen LogP contribution in [0.15, 0.2) is 114 Å². The Kier molecular flexibility index (Phi) is 6.36. The van der Waals surface area contributed by atoms with E-state index < -0.39 is 5.97 Å². The van der Waals surface area contributed by atoms with E-state index in [1.165, 1.54) is 6.08 Å². The normalized spacial score (nSPS) is 14.0. The van der Waals surface area contributed by atoms with Gasteiger partial charge in [-0.3, -0.25) is 0 Å². The molecule has 33 heavy (non-hydrogen) atoms. The Bertz CT molecular complexity index is 1270. The molecule has 0 aliphatic carbocycles. The van der Waals surface area contributed by atoms with Crippen molar-refractivity contribution in [2.45, 2.75) is 0 Å². The highest BCUT2D eigenvalue weighted by Gasteiger charge is 2.15. The van der Waals surface area contributed by atoms with Crippen molar-refractivity contribution in [1.82, 2.24) is 5.32 Å². The number of allylic oxidation sites excluding steroid dienone is 1. The molecular weight excluding hydrogens is 416 g/mol. The largest absolute Gasteiger partial charge is 0.497 e. The Morgan fingerprint density at radius 3 is 2.33 bits per heavy atom. The predicted molar refractivity (Wildman–Crippen MR) is 128 cm³/mol. The zero-order valence-corrected chi connectivity index (χ0v) is 18.0. The molecule has 1 aliphatic heterocycles. The number of methoxy groups -OCH3 is 1. The lowest BCUT2D eigenvalue weighted by Gasteiger charge is -2.19. The van der Waals surface area contributed by atoms with Crippen LogP contribution in [-0.4, -0.2) is 23.9 Å². The van der Waals surface area contributed by atoms with Gasteiger partial charge in [0.2, 0.25) is 0 Å². The maximum absolute atomic E-state index is 11.3. The van der Waals surface area contributed by atoms with Gasteiger partial charge in [0.15, 0.2) is 0 Å². The summed E-state index contributed by atoms with van der Waals surface area (Å²) in [5.74, 6) is 1.43. The third-order valence-electron chi connectivity index (χ3n) is 4.88. The molecule has 2 N–H and O–H groups in total. The van der Waals surface area contributed by atoms with Crippen molar-refractivity contribution in [3.05, 3.63) is 120 Å². The van der Waals surface area contributed by atoms with E-state index in [9.17, 15) is 9.90 Å². The maximum atomic E-state index is 11.3. The summed E-state index contributed by atoms with van der Waals surface area (Å²) in [5.41, 5.74) is 3.08. The van der Waals surface area contributed by atoms with Crippen molar-refractivity contribution < 1.29 is 19.4 Å². The fourth-order valence-corrected chi connectivity index (χ4v) is 3.21. The molecule has 0 saturated heterocycles. The number of ether oxygens (including phenoxy) is 2. The zero-order chi connectivity index (χ0) is 23.2. The van der Waals surface area contributed by atoms with Crippen molar-refractivity contribution in [3.8, 4) is 17.2 Å². The minimum absolute atomic E-state index is 0.0703. The Morgan fingerprint density at radius 2 is 1.64 bits per heavy atom. The van der Waals surface area contributed by atoms with Crippen LogP contribution in [0.3, 0.4) is 0 Å². The van der Waals surface area contributed by atoms with E-state index in [2.05, 4.69) is 16.9 Å². The number of hydrogen-bond donors (Lipinski definition) is 2. The molecule has 3 aromatic rings. The van der Waals surface area contributed by atoms with Crippen LogP contribution in [0, 0.1) is 0 Å². The number of para-hydroxylation sites is 1. The average Bonchev–Trinajstić information content (AvgIpc) is 2.85. The molecule has 1 heterocycles. The number of carboxylic acids is 1. The highest BCUT2D eigenvalue weighted by molar-refractivity contribution is 6.13. The lowest BCUT2D eigenvalue weighted by atomic mass is 10.0. The number of benzene rings is 3. The van der Waals surface area contributed by atoms with Gasteiger partial charge in [-0.1, -0.05) is 36.9 Å². The van der Waals surface area contributed by atoms with Crippen LogP contribution in [0.5, 0.6) is 17.2 Å². The molecule has 0 saturated carbocycles. The Morgan fingerprint density at radius 1 is 0.939 bits per heavy atom. The first-order valence-corrected chi connectivity index (χ1v) is 10.2. The Hall–Kier alpha value is -4.58. The number of rotatable bonds is 7. The zero-order valence-electron chi connectivity index (χ0n) is 18.0. The van der Waals surface area contributed by atoms with E-state index in [0.717, 1.165) is 22.6 Å². The summed E-state index contributed by atoms with van der Waals surface area (Å²) >= 11 is 0. The number of aliphatic carboxylic acids is 1. The van der Waals surface area contributed by atoms with Crippen molar-refractivity contribution >= 4 is 17.4 Å². The van der Waals surface area contributed by atoms with Gasteiger partial charge in [0.1, 0.15) is 23.1 Å². The predicted octanol–water partition coefficient (Wildman–Crippen LogP) is 5.40. The number of aliphatic imine (C=N–C) groups is 1. The molecule has 0 spiro atoms. The highest BCUT2D eigenvalue weighted by atomic mass is 16.5. The molecule has 6 nitrogen and oxygen atoms in total. The topological polar surface area (TPSA) is 80.2 Å². The minimum atomic E-state index is -1.11. The Labute approximate surface area is 191 Å². The second-order valence-electron chi connectivity index (χ2n) is 7.21. The fraction of sp³-hybridized carbons (Fsp3) is 0.0370. The van der Waals surface area contributed by atoms with Crippen molar-refractivity contribution in [2.75, 3.05) is 7.11 Å². The number of nitrogens with zero attached hydrogens (tertiary/aromatic N) is 1. The van der Waals surface area contributed by atoms with E-state index in [1.807, 2.05) is 84.9 Å². The summed E-state index contributed by atoms with van der Waals surface area (Å²) in [6.07, 6.45) is 3.31. The molecule has 0 atom stereocenters. The van der Waals surface area contributed by atoms with E-state index in [4.69, 9.17) is 9.47 Å². The van der Waals surface area contributed by atoms with Gasteiger partial charge in [0.25, 0.3) is 0 Å². The number of carbonyl (C=O) groups is 1. The van der Waals surface area contributed by atoms with Gasteiger partial charge in [-0.25, -0.2) is 9.79 Å². The van der Waals surface area contributed by atoms with Crippen LogP contribution in [0.2, 0.25) is 0 Å². The van der Waals surface area contributed by atoms with Crippen molar-refractivity contribution in [3.63, 3.8) is 0 Å². The summed E-state index contributed by atoms with van der Waals surface area (Å²) in [7, 11) is 1.61. The summed E-state index contributed by atoms with van der Waals surface area (Å²) < 4.78 is 11.2. The maximum Gasteiger partial charge on any atom is 0.335 e. The molecule has 0 fully saturated rings. The first-order chi connectivity index (χ1) is 16.0. The average molecular weight is 438 g/mol. The van der Waals surface area contributed by atoms with Crippen LogP contribution in [0.4, 0.5) is 0 Å². The fourth-order valence-electron chi connectivity index (χ4n) is 3.21. The number of carboxylic acid groups (broad SMARTS) is 1. The minimum Gasteiger partial charge on any atom is -0.497 e. The lowest BCUT2D eigenvalue weighted by molar-refractivity contribution is -0.132. The van der Waals surface area contributed by atoms with Gasteiger partial charge in [-0.15, -0.1) is 0 Å². The van der Waals surface area contributed by atoms with Gasteiger partial charge in [-0.05, 0) is 60.7 Å². The second kappa shape index (κ2) is 9.70. The Balaban J connectivity index is 1.68.